The van der Waals surface area contributed by atoms with E-state index in [1.165, 1.54) is 6.92 Å². The Bertz CT molecular complexity index is 518. The fraction of sp³-hybridized carbons (Fsp3) is 0.737. The number of alkyl carbamates (subject to hydrolysis) is 1. The second-order valence-corrected chi connectivity index (χ2v) is 7.30. The first-order chi connectivity index (χ1) is 12.5. The number of ether oxygens (including phenoxy) is 2. The first kappa shape index (κ1) is 24.8. The van der Waals surface area contributed by atoms with E-state index >= 15 is 0 Å². The maximum atomic E-state index is 12.0. The fourth-order valence-corrected chi connectivity index (χ4v) is 2.50. The monoisotopic (exact) mass is 386 g/mol. The highest BCUT2D eigenvalue weighted by molar-refractivity contribution is 5.87. The second kappa shape index (κ2) is 12.2. The maximum Gasteiger partial charge on any atom is 0.443 e. The predicted molar refractivity (Wildman–Crippen MR) is 102 cm³/mol. The van der Waals surface area contributed by atoms with Gasteiger partial charge in [-0.05, 0) is 44.9 Å². The van der Waals surface area contributed by atoms with E-state index in [9.17, 15) is 14.4 Å². The molecule has 0 heterocycles. The van der Waals surface area contributed by atoms with Gasteiger partial charge in [0.2, 0.25) is 0 Å². The number of hydroxylamine groups is 2. The Hall–Kier alpha value is -2.25. The molecule has 1 atom stereocenters. The van der Waals surface area contributed by atoms with Gasteiger partial charge in [-0.25, -0.2) is 14.4 Å². The molecule has 0 bridgehead atoms. The zero-order valence-corrected chi connectivity index (χ0v) is 17.4. The summed E-state index contributed by atoms with van der Waals surface area (Å²) in [6.45, 7) is 15.8. The van der Waals surface area contributed by atoms with Gasteiger partial charge in [0.05, 0.1) is 19.8 Å². The molecule has 0 aliphatic rings. The number of carbonyl (C=O) groups excluding carboxylic acids is 3. The zero-order valence-electron chi connectivity index (χ0n) is 17.4. The molecular weight excluding hydrogens is 352 g/mol. The third-order valence-electron chi connectivity index (χ3n) is 3.73. The Balaban J connectivity index is 4.62. The molecule has 27 heavy (non-hydrogen) atoms. The molecule has 156 valence electrons. The lowest BCUT2D eigenvalue weighted by atomic mass is 9.82. The van der Waals surface area contributed by atoms with Crippen molar-refractivity contribution >= 4 is 18.2 Å². The van der Waals surface area contributed by atoms with E-state index in [0.29, 0.717) is 19.6 Å². The van der Waals surface area contributed by atoms with E-state index in [1.807, 2.05) is 20.8 Å². The summed E-state index contributed by atoms with van der Waals surface area (Å²) in [4.78, 5) is 40.2. The van der Waals surface area contributed by atoms with E-state index in [1.54, 1.807) is 13.8 Å². The van der Waals surface area contributed by atoms with E-state index in [-0.39, 0.29) is 30.1 Å². The molecule has 2 amide bonds. The first-order valence-corrected chi connectivity index (χ1v) is 9.25. The van der Waals surface area contributed by atoms with Crippen molar-refractivity contribution < 1.29 is 28.7 Å². The van der Waals surface area contributed by atoms with Crippen LogP contribution >= 0.6 is 0 Å². The number of carbonyl (C=O) groups is 3. The van der Waals surface area contributed by atoms with Crippen molar-refractivity contribution in [2.24, 2.45) is 11.3 Å². The molecule has 0 saturated carbocycles. The quantitative estimate of drug-likeness (QED) is 0.455. The fourth-order valence-electron chi connectivity index (χ4n) is 2.50. The molecule has 1 N–H and O–H groups in total. The third-order valence-corrected chi connectivity index (χ3v) is 3.73. The molecule has 0 saturated heterocycles. The minimum atomic E-state index is -0.706. The number of hydrogen-bond acceptors (Lipinski definition) is 6. The number of amides is 2. The van der Waals surface area contributed by atoms with Crippen LogP contribution in [0.2, 0.25) is 0 Å². The zero-order chi connectivity index (χ0) is 21.0. The Labute approximate surface area is 162 Å². The second-order valence-electron chi connectivity index (χ2n) is 7.30. The van der Waals surface area contributed by atoms with E-state index < -0.39 is 18.2 Å². The summed E-state index contributed by atoms with van der Waals surface area (Å²) >= 11 is 0. The van der Waals surface area contributed by atoms with Crippen LogP contribution in [0, 0.1) is 11.3 Å². The van der Waals surface area contributed by atoms with Gasteiger partial charge in [-0.3, -0.25) is 0 Å². The minimum absolute atomic E-state index is 0.157. The largest absolute Gasteiger partial charge is 0.450 e. The Morgan fingerprint density at radius 2 is 1.74 bits per heavy atom. The molecular formula is C19H34N2O6. The first-order valence-electron chi connectivity index (χ1n) is 9.25. The van der Waals surface area contributed by atoms with Gasteiger partial charge in [-0.2, -0.15) is 0 Å². The molecule has 0 aromatic carbocycles. The number of rotatable bonds is 10. The van der Waals surface area contributed by atoms with Gasteiger partial charge in [0.15, 0.2) is 0 Å². The Morgan fingerprint density at radius 1 is 1.15 bits per heavy atom. The van der Waals surface area contributed by atoms with Crippen molar-refractivity contribution in [2.75, 3.05) is 26.3 Å². The Morgan fingerprint density at radius 3 is 2.26 bits per heavy atom. The normalized spacial score (nSPS) is 11.9. The summed E-state index contributed by atoms with van der Waals surface area (Å²) in [6.07, 6.45) is 0.260. The lowest BCUT2D eigenvalue weighted by molar-refractivity contribution is -0.177. The molecule has 0 rings (SSSR count). The van der Waals surface area contributed by atoms with Crippen LogP contribution in [0.25, 0.3) is 0 Å². The molecule has 0 spiro atoms. The van der Waals surface area contributed by atoms with Crippen molar-refractivity contribution in [3.05, 3.63) is 12.2 Å². The van der Waals surface area contributed by atoms with Gasteiger partial charge in [0.1, 0.15) is 0 Å². The topological polar surface area (TPSA) is 94.2 Å². The third kappa shape index (κ3) is 11.1. The van der Waals surface area contributed by atoms with Crippen LogP contribution in [0.5, 0.6) is 0 Å². The van der Waals surface area contributed by atoms with Gasteiger partial charge < -0.3 is 19.6 Å². The highest BCUT2D eigenvalue weighted by Crippen LogP contribution is 2.26. The van der Waals surface area contributed by atoms with Gasteiger partial charge in [-0.15, -0.1) is 5.06 Å². The van der Waals surface area contributed by atoms with Gasteiger partial charge in [-0.1, -0.05) is 27.4 Å². The lowest BCUT2D eigenvalue weighted by Crippen LogP contribution is -2.37. The van der Waals surface area contributed by atoms with E-state index in [2.05, 4.69) is 11.9 Å². The smallest absolute Gasteiger partial charge is 0.443 e. The summed E-state index contributed by atoms with van der Waals surface area (Å²) in [5.74, 6) is -0.459. The molecule has 0 aromatic heterocycles. The van der Waals surface area contributed by atoms with E-state index in [4.69, 9.17) is 14.3 Å². The van der Waals surface area contributed by atoms with Gasteiger partial charge in [0, 0.05) is 12.1 Å². The van der Waals surface area contributed by atoms with E-state index in [0.717, 1.165) is 11.5 Å². The predicted octanol–water partition coefficient (Wildman–Crippen LogP) is 3.67. The summed E-state index contributed by atoms with van der Waals surface area (Å²) in [7, 11) is 0. The van der Waals surface area contributed by atoms with Crippen molar-refractivity contribution in [3.63, 3.8) is 0 Å². The molecule has 8 heteroatoms. The average Bonchev–Trinajstić information content (AvgIpc) is 2.56. The average molecular weight is 386 g/mol. The minimum Gasteiger partial charge on any atom is -0.450 e. The van der Waals surface area contributed by atoms with Crippen LogP contribution in [0.3, 0.4) is 0 Å². The van der Waals surface area contributed by atoms with Gasteiger partial charge >= 0.3 is 18.2 Å². The number of nitrogens with zero attached hydrogens (tertiary/aromatic N) is 1. The van der Waals surface area contributed by atoms with Crippen molar-refractivity contribution in [1.29, 1.82) is 0 Å². The van der Waals surface area contributed by atoms with Crippen molar-refractivity contribution in [3.8, 4) is 0 Å². The van der Waals surface area contributed by atoms with Crippen LogP contribution in [0.15, 0.2) is 12.2 Å². The van der Waals surface area contributed by atoms with Crippen LogP contribution in [0.1, 0.15) is 54.4 Å². The number of hydrogen-bond donors (Lipinski definition) is 1. The maximum absolute atomic E-state index is 12.0. The highest BCUT2D eigenvalue weighted by Gasteiger charge is 2.25. The molecule has 0 aromatic rings. The van der Waals surface area contributed by atoms with Crippen LogP contribution < -0.4 is 5.32 Å². The SMILES string of the molecule is C=C(C)C(=O)ON(CCC(C)CC(C)(C)CNC(=O)OCC)C(=O)OCC. The van der Waals surface area contributed by atoms with Crippen LogP contribution in [0.4, 0.5) is 9.59 Å². The van der Waals surface area contributed by atoms with Crippen molar-refractivity contribution in [1.82, 2.24) is 10.4 Å². The highest BCUT2D eigenvalue weighted by atomic mass is 16.7. The number of nitrogens with one attached hydrogen (secondary N) is 1. The molecule has 0 fully saturated rings. The van der Waals surface area contributed by atoms with Crippen LogP contribution in [-0.4, -0.2) is 49.5 Å². The van der Waals surface area contributed by atoms with Crippen LogP contribution in [-0.2, 0) is 19.1 Å². The summed E-state index contributed by atoms with van der Waals surface area (Å²) < 4.78 is 9.79. The Kier molecular flexibility index (Phi) is 11.2. The standard InChI is InChI=1S/C19H34N2O6/c1-8-25-17(23)20-13-19(6,7)12-15(5)10-11-21(18(24)26-9-2)27-16(22)14(3)4/h15H,3,8-13H2,1-2,4-7H3,(H,20,23). The summed E-state index contributed by atoms with van der Waals surface area (Å²) in [6, 6.07) is 0. The van der Waals surface area contributed by atoms with Crippen molar-refractivity contribution in [2.45, 2.75) is 54.4 Å². The summed E-state index contributed by atoms with van der Waals surface area (Å²) in [5, 5.41) is 3.67. The molecule has 0 aliphatic carbocycles. The molecule has 8 nitrogen and oxygen atoms in total. The summed E-state index contributed by atoms with van der Waals surface area (Å²) in [5.41, 5.74) is 0.0403. The molecule has 0 radical (unpaired) electrons. The molecule has 1 unspecified atom stereocenters. The van der Waals surface area contributed by atoms with Gasteiger partial charge in [0.25, 0.3) is 0 Å². The molecule has 0 aliphatic heterocycles. The lowest BCUT2D eigenvalue weighted by Gasteiger charge is -2.29.